The zero-order valence-corrected chi connectivity index (χ0v) is 13.0. The van der Waals surface area contributed by atoms with E-state index in [-0.39, 0.29) is 24.1 Å². The normalized spacial score (nSPS) is 15.9. The molecule has 4 nitrogen and oxygen atoms in total. The second-order valence-electron chi connectivity index (χ2n) is 4.49. The van der Waals surface area contributed by atoms with Crippen molar-refractivity contribution in [3.63, 3.8) is 0 Å². The number of hydrogen-bond donors (Lipinski definition) is 1. The van der Waals surface area contributed by atoms with E-state index in [9.17, 15) is 9.59 Å². The van der Waals surface area contributed by atoms with E-state index in [1.54, 1.807) is 12.3 Å². The first kappa shape index (κ1) is 13.8. The quantitative estimate of drug-likeness (QED) is 0.879. The van der Waals surface area contributed by atoms with E-state index in [1.807, 2.05) is 0 Å². The Bertz CT molecular complexity index is 507. The van der Waals surface area contributed by atoms with Crippen LogP contribution in [0.2, 0.25) is 0 Å². The van der Waals surface area contributed by atoms with Crippen LogP contribution in [-0.2, 0) is 11.3 Å². The standard InChI is InChI=1S/C12H14Br2N2O2/c13-8-5-10(14)12(18)16(6-8)7-11(17)15-9-3-1-2-4-9/h5-6,9H,1-4,7H2,(H,15,17). The zero-order chi connectivity index (χ0) is 13.1. The molecule has 18 heavy (non-hydrogen) atoms. The molecule has 0 radical (unpaired) electrons. The van der Waals surface area contributed by atoms with Crippen molar-refractivity contribution in [3.8, 4) is 0 Å². The Hall–Kier alpha value is -0.620. The lowest BCUT2D eigenvalue weighted by Gasteiger charge is -2.13. The van der Waals surface area contributed by atoms with E-state index in [4.69, 9.17) is 0 Å². The van der Waals surface area contributed by atoms with Gasteiger partial charge in [-0.15, -0.1) is 0 Å². The second-order valence-corrected chi connectivity index (χ2v) is 6.26. The SMILES string of the molecule is O=C(Cn1cc(Br)cc(Br)c1=O)NC1CCCC1. The average Bonchev–Trinajstić information content (AvgIpc) is 2.77. The maximum atomic E-state index is 11.8. The maximum Gasteiger partial charge on any atom is 0.265 e. The van der Waals surface area contributed by atoms with Gasteiger partial charge in [-0.25, -0.2) is 0 Å². The summed E-state index contributed by atoms with van der Waals surface area (Å²) in [5, 5.41) is 2.96. The summed E-state index contributed by atoms with van der Waals surface area (Å²) in [6, 6.07) is 1.96. The van der Waals surface area contributed by atoms with Crippen molar-refractivity contribution < 1.29 is 4.79 Å². The van der Waals surface area contributed by atoms with Crippen LogP contribution in [0.5, 0.6) is 0 Å². The summed E-state index contributed by atoms with van der Waals surface area (Å²) in [6.45, 7) is 0.0629. The molecule has 0 atom stereocenters. The number of hydrogen-bond acceptors (Lipinski definition) is 2. The Balaban J connectivity index is 2.04. The molecular weight excluding hydrogens is 364 g/mol. The van der Waals surface area contributed by atoms with Gasteiger partial charge in [0.1, 0.15) is 6.54 Å². The molecule has 0 spiro atoms. The van der Waals surface area contributed by atoms with Crippen molar-refractivity contribution in [2.45, 2.75) is 38.3 Å². The first-order valence-electron chi connectivity index (χ1n) is 5.91. The van der Waals surface area contributed by atoms with Gasteiger partial charge in [-0.3, -0.25) is 9.59 Å². The fourth-order valence-corrected chi connectivity index (χ4v) is 3.44. The Labute approximate surface area is 122 Å². The molecule has 98 valence electrons. The third-order valence-electron chi connectivity index (χ3n) is 3.04. The summed E-state index contributed by atoms with van der Waals surface area (Å²) in [5.74, 6) is -0.103. The highest BCUT2D eigenvalue weighted by Gasteiger charge is 2.17. The van der Waals surface area contributed by atoms with Gasteiger partial charge < -0.3 is 9.88 Å². The van der Waals surface area contributed by atoms with Gasteiger partial charge in [-0.1, -0.05) is 12.8 Å². The summed E-state index contributed by atoms with van der Waals surface area (Å²) in [5.41, 5.74) is -0.195. The Morgan fingerprint density at radius 2 is 2.06 bits per heavy atom. The van der Waals surface area contributed by atoms with Gasteiger partial charge >= 0.3 is 0 Å². The van der Waals surface area contributed by atoms with E-state index in [0.29, 0.717) is 4.47 Å². The van der Waals surface area contributed by atoms with E-state index in [1.165, 1.54) is 17.4 Å². The molecule has 0 aliphatic heterocycles. The fraction of sp³-hybridized carbons (Fsp3) is 0.500. The number of carbonyl (C=O) groups excluding carboxylic acids is 1. The molecule has 1 heterocycles. The number of aromatic nitrogens is 1. The summed E-state index contributed by atoms with van der Waals surface area (Å²) < 4.78 is 2.62. The molecule has 1 aliphatic carbocycles. The molecule has 0 aromatic carbocycles. The third kappa shape index (κ3) is 3.45. The molecule has 1 fully saturated rings. The van der Waals surface area contributed by atoms with Crippen molar-refractivity contribution in [2.75, 3.05) is 0 Å². The van der Waals surface area contributed by atoms with Crippen molar-refractivity contribution in [2.24, 2.45) is 0 Å². The highest BCUT2D eigenvalue weighted by atomic mass is 79.9. The van der Waals surface area contributed by atoms with Crippen LogP contribution in [0.1, 0.15) is 25.7 Å². The van der Waals surface area contributed by atoms with Gasteiger partial charge in [0, 0.05) is 16.7 Å². The van der Waals surface area contributed by atoms with Crippen molar-refractivity contribution in [1.29, 1.82) is 0 Å². The summed E-state index contributed by atoms with van der Waals surface area (Å²) >= 11 is 6.48. The van der Waals surface area contributed by atoms with E-state index in [0.717, 1.165) is 17.3 Å². The molecule has 0 bridgehead atoms. The highest BCUT2D eigenvalue weighted by molar-refractivity contribution is 9.11. The number of nitrogens with one attached hydrogen (secondary N) is 1. The lowest BCUT2D eigenvalue weighted by atomic mass is 10.2. The molecule has 0 saturated heterocycles. The number of nitrogens with zero attached hydrogens (tertiary/aromatic N) is 1. The minimum atomic E-state index is -0.195. The molecule has 1 aliphatic rings. The van der Waals surface area contributed by atoms with Crippen molar-refractivity contribution in [3.05, 3.63) is 31.6 Å². The summed E-state index contributed by atoms with van der Waals surface area (Å²) in [4.78, 5) is 23.7. The van der Waals surface area contributed by atoms with Crippen LogP contribution in [0.3, 0.4) is 0 Å². The van der Waals surface area contributed by atoms with Gasteiger partial charge in [0.2, 0.25) is 5.91 Å². The molecule has 1 amide bonds. The minimum absolute atomic E-state index is 0.0629. The average molecular weight is 378 g/mol. The van der Waals surface area contributed by atoms with Gasteiger partial charge in [-0.2, -0.15) is 0 Å². The Morgan fingerprint density at radius 1 is 1.39 bits per heavy atom. The van der Waals surface area contributed by atoms with Gasteiger partial charge in [-0.05, 0) is 50.8 Å². The molecule has 0 unspecified atom stereocenters. The van der Waals surface area contributed by atoms with Gasteiger partial charge in [0.25, 0.3) is 5.56 Å². The highest BCUT2D eigenvalue weighted by Crippen LogP contribution is 2.17. The molecule has 1 aromatic rings. The number of amides is 1. The van der Waals surface area contributed by atoms with Crippen LogP contribution in [0.15, 0.2) is 26.0 Å². The molecule has 6 heteroatoms. The molecule has 1 saturated carbocycles. The van der Waals surface area contributed by atoms with Crippen LogP contribution >= 0.6 is 31.9 Å². The van der Waals surface area contributed by atoms with Crippen molar-refractivity contribution in [1.82, 2.24) is 9.88 Å². The third-order valence-corrected chi connectivity index (χ3v) is 4.04. The van der Waals surface area contributed by atoms with Crippen LogP contribution in [0.4, 0.5) is 0 Å². The maximum absolute atomic E-state index is 11.8. The Kier molecular flexibility index (Phi) is 4.61. The van der Waals surface area contributed by atoms with Crippen molar-refractivity contribution >= 4 is 37.8 Å². The summed E-state index contributed by atoms with van der Waals surface area (Å²) in [6.07, 6.45) is 6.06. The molecule has 1 aromatic heterocycles. The summed E-state index contributed by atoms with van der Waals surface area (Å²) in [7, 11) is 0. The number of carbonyl (C=O) groups is 1. The second kappa shape index (κ2) is 6.02. The monoisotopic (exact) mass is 376 g/mol. The van der Waals surface area contributed by atoms with Crippen LogP contribution in [0, 0.1) is 0 Å². The minimum Gasteiger partial charge on any atom is -0.352 e. The largest absolute Gasteiger partial charge is 0.352 e. The number of pyridine rings is 1. The first-order valence-corrected chi connectivity index (χ1v) is 7.49. The van der Waals surface area contributed by atoms with E-state index < -0.39 is 0 Å². The lowest BCUT2D eigenvalue weighted by Crippen LogP contribution is -2.37. The zero-order valence-electron chi connectivity index (χ0n) is 9.79. The predicted octanol–water partition coefficient (Wildman–Crippen LogP) is 2.43. The topological polar surface area (TPSA) is 51.1 Å². The lowest BCUT2D eigenvalue weighted by molar-refractivity contribution is -0.122. The Morgan fingerprint density at radius 3 is 2.72 bits per heavy atom. The van der Waals surface area contributed by atoms with E-state index >= 15 is 0 Å². The fourth-order valence-electron chi connectivity index (χ4n) is 2.18. The van der Waals surface area contributed by atoms with Crippen LogP contribution in [-0.4, -0.2) is 16.5 Å². The molecule has 2 rings (SSSR count). The molecular formula is C12H14Br2N2O2. The smallest absolute Gasteiger partial charge is 0.265 e. The van der Waals surface area contributed by atoms with Crippen LogP contribution < -0.4 is 10.9 Å². The van der Waals surface area contributed by atoms with E-state index in [2.05, 4.69) is 37.2 Å². The van der Waals surface area contributed by atoms with Crippen LogP contribution in [0.25, 0.3) is 0 Å². The van der Waals surface area contributed by atoms with Gasteiger partial charge in [0.05, 0.1) is 4.47 Å². The molecule has 1 N–H and O–H groups in total. The number of halogens is 2. The first-order chi connectivity index (χ1) is 8.56. The predicted molar refractivity (Wildman–Crippen MR) is 76.5 cm³/mol. The van der Waals surface area contributed by atoms with Gasteiger partial charge in [0.15, 0.2) is 0 Å². The number of rotatable bonds is 3.